The second kappa shape index (κ2) is 7.95. The minimum absolute atomic E-state index is 0.737. The highest BCUT2D eigenvalue weighted by atomic mass is 35.5. The topological polar surface area (TPSA) is 12.9 Å². The number of fused-ring (bicyclic) bond motifs is 1. The molecule has 1 nitrogen and oxygen atoms in total. The Morgan fingerprint density at radius 2 is 1.55 bits per heavy atom. The zero-order valence-corrected chi connectivity index (χ0v) is 14.2. The minimum atomic E-state index is 0.737. The maximum absolute atomic E-state index is 6.27. The Balaban J connectivity index is 0.000000396. The smallest absolute Gasteiger partial charge is 0.0798 e. The number of unbranched alkanes of at least 4 members (excludes halogenated alkanes) is 1. The Hall–Kier alpha value is -1.86. The van der Waals surface area contributed by atoms with Crippen LogP contribution in [0.3, 0.4) is 0 Å². The molecule has 0 saturated carbocycles. The van der Waals surface area contributed by atoms with E-state index in [9.17, 15) is 0 Å². The molecule has 0 fully saturated rings. The van der Waals surface area contributed by atoms with Gasteiger partial charge in [-0.05, 0) is 24.4 Å². The Labute approximate surface area is 138 Å². The van der Waals surface area contributed by atoms with Gasteiger partial charge in [-0.15, -0.1) is 0 Å². The molecular weight excluding hydrogens is 290 g/mol. The average Bonchev–Trinajstić information content (AvgIpc) is 2.55. The van der Waals surface area contributed by atoms with Gasteiger partial charge in [0.2, 0.25) is 0 Å². The second-order valence-electron chi connectivity index (χ2n) is 5.31. The summed E-state index contributed by atoms with van der Waals surface area (Å²) in [6, 6.07) is 18.2. The first-order valence-corrected chi connectivity index (χ1v) is 8.16. The van der Waals surface area contributed by atoms with E-state index in [-0.39, 0.29) is 0 Å². The van der Waals surface area contributed by atoms with Gasteiger partial charge in [-0.1, -0.05) is 80.8 Å². The van der Waals surface area contributed by atoms with Gasteiger partial charge >= 0.3 is 0 Å². The molecule has 0 atom stereocenters. The summed E-state index contributed by atoms with van der Waals surface area (Å²) in [5.74, 6) is 0. The van der Waals surface area contributed by atoms with E-state index in [4.69, 9.17) is 11.6 Å². The quantitative estimate of drug-likeness (QED) is 0.515. The summed E-state index contributed by atoms with van der Waals surface area (Å²) in [6.45, 7) is 6.37. The number of nitrogens with zero attached hydrogens (tertiary/aromatic N) is 1. The third-order valence-electron chi connectivity index (χ3n) is 3.50. The Morgan fingerprint density at radius 1 is 0.909 bits per heavy atom. The van der Waals surface area contributed by atoms with Crippen LogP contribution in [-0.2, 0) is 0 Å². The lowest BCUT2D eigenvalue weighted by atomic mass is 10.0. The predicted molar refractivity (Wildman–Crippen MR) is 97.5 cm³/mol. The number of hydrogen-bond acceptors (Lipinski definition) is 1. The van der Waals surface area contributed by atoms with Crippen molar-refractivity contribution in [2.24, 2.45) is 0 Å². The maximum atomic E-state index is 6.27. The van der Waals surface area contributed by atoms with Gasteiger partial charge in [0.15, 0.2) is 0 Å². The number of aryl methyl sites for hydroxylation is 1. The number of rotatable bonds is 2. The molecule has 3 aromatic rings. The number of halogens is 1. The van der Waals surface area contributed by atoms with Crippen LogP contribution >= 0.6 is 11.6 Å². The molecule has 0 bridgehead atoms. The van der Waals surface area contributed by atoms with Crippen LogP contribution in [0, 0.1) is 6.92 Å². The summed E-state index contributed by atoms with van der Waals surface area (Å²) < 4.78 is 0. The van der Waals surface area contributed by atoms with Crippen LogP contribution in [0.15, 0.2) is 54.6 Å². The zero-order chi connectivity index (χ0) is 15.9. The van der Waals surface area contributed by atoms with Gasteiger partial charge in [0.25, 0.3) is 0 Å². The van der Waals surface area contributed by atoms with E-state index in [0.29, 0.717) is 0 Å². The van der Waals surface area contributed by atoms with Crippen molar-refractivity contribution >= 4 is 22.4 Å². The molecule has 22 heavy (non-hydrogen) atoms. The number of pyridine rings is 1. The summed E-state index contributed by atoms with van der Waals surface area (Å²) >= 11 is 6.27. The number of hydrogen-bond donors (Lipinski definition) is 0. The zero-order valence-electron chi connectivity index (χ0n) is 13.4. The Kier molecular flexibility index (Phi) is 5.97. The van der Waals surface area contributed by atoms with Crippen molar-refractivity contribution in [2.45, 2.75) is 33.6 Å². The SMILES string of the molecule is CCCC.Cc1cc2ccccc2c(-c2ccccc2Cl)n1. The van der Waals surface area contributed by atoms with Crippen molar-refractivity contribution < 1.29 is 0 Å². The highest BCUT2D eigenvalue weighted by Gasteiger charge is 2.09. The van der Waals surface area contributed by atoms with Crippen LogP contribution in [0.5, 0.6) is 0 Å². The predicted octanol–water partition coefficient (Wildman–Crippen LogP) is 6.67. The summed E-state index contributed by atoms with van der Waals surface area (Å²) in [5, 5.41) is 3.07. The van der Waals surface area contributed by atoms with Gasteiger partial charge in [0.1, 0.15) is 0 Å². The van der Waals surface area contributed by atoms with E-state index >= 15 is 0 Å². The molecule has 0 saturated heterocycles. The maximum Gasteiger partial charge on any atom is 0.0798 e. The molecule has 2 heteroatoms. The largest absolute Gasteiger partial charge is 0.252 e. The van der Waals surface area contributed by atoms with Gasteiger partial charge in [0, 0.05) is 21.7 Å². The van der Waals surface area contributed by atoms with Crippen LogP contribution < -0.4 is 0 Å². The van der Waals surface area contributed by atoms with Crippen molar-refractivity contribution in [3.63, 3.8) is 0 Å². The summed E-state index contributed by atoms with van der Waals surface area (Å²) in [4.78, 5) is 4.65. The molecule has 0 amide bonds. The van der Waals surface area contributed by atoms with Gasteiger partial charge in [0.05, 0.1) is 5.69 Å². The lowest BCUT2D eigenvalue weighted by Crippen LogP contribution is -1.90. The van der Waals surface area contributed by atoms with Gasteiger partial charge in [-0.2, -0.15) is 0 Å². The molecule has 1 aromatic heterocycles. The molecule has 0 aliphatic carbocycles. The van der Waals surface area contributed by atoms with Crippen molar-refractivity contribution in [1.82, 2.24) is 4.98 Å². The van der Waals surface area contributed by atoms with E-state index in [1.807, 2.05) is 43.3 Å². The van der Waals surface area contributed by atoms with Crippen molar-refractivity contribution in [2.75, 3.05) is 0 Å². The van der Waals surface area contributed by atoms with Crippen LogP contribution in [0.4, 0.5) is 0 Å². The standard InChI is InChI=1S/C16H12ClN.C4H10/c1-11-10-12-6-2-3-7-13(12)16(18-11)14-8-4-5-9-15(14)17;1-3-4-2/h2-10H,1H3;3-4H2,1-2H3. The molecule has 0 unspecified atom stereocenters. The molecule has 0 radical (unpaired) electrons. The lowest BCUT2D eigenvalue weighted by molar-refractivity contribution is 0.886. The van der Waals surface area contributed by atoms with E-state index in [2.05, 4.69) is 37.0 Å². The summed E-state index contributed by atoms with van der Waals surface area (Å²) in [7, 11) is 0. The number of aromatic nitrogens is 1. The van der Waals surface area contributed by atoms with Gasteiger partial charge in [-0.25, -0.2) is 0 Å². The monoisotopic (exact) mass is 311 g/mol. The first kappa shape index (κ1) is 16.5. The molecular formula is C20H22ClN. The first-order valence-electron chi connectivity index (χ1n) is 7.78. The third-order valence-corrected chi connectivity index (χ3v) is 3.83. The number of benzene rings is 2. The second-order valence-corrected chi connectivity index (χ2v) is 5.72. The lowest BCUT2D eigenvalue weighted by Gasteiger charge is -2.09. The Morgan fingerprint density at radius 3 is 2.23 bits per heavy atom. The van der Waals surface area contributed by atoms with Crippen LogP contribution in [-0.4, -0.2) is 4.98 Å². The molecule has 3 rings (SSSR count). The van der Waals surface area contributed by atoms with Crippen molar-refractivity contribution in [3.8, 4) is 11.3 Å². The molecule has 2 aromatic carbocycles. The highest BCUT2D eigenvalue weighted by Crippen LogP contribution is 2.32. The van der Waals surface area contributed by atoms with E-state index in [0.717, 1.165) is 27.4 Å². The van der Waals surface area contributed by atoms with Gasteiger partial charge < -0.3 is 0 Å². The van der Waals surface area contributed by atoms with Gasteiger partial charge in [-0.3, -0.25) is 4.98 Å². The molecule has 114 valence electrons. The fraction of sp³-hybridized carbons (Fsp3) is 0.250. The van der Waals surface area contributed by atoms with E-state index in [1.165, 1.54) is 18.2 Å². The summed E-state index contributed by atoms with van der Waals surface area (Å²) in [6.07, 6.45) is 2.64. The van der Waals surface area contributed by atoms with Crippen LogP contribution in [0.1, 0.15) is 32.4 Å². The minimum Gasteiger partial charge on any atom is -0.252 e. The average molecular weight is 312 g/mol. The normalized spacial score (nSPS) is 10.2. The summed E-state index contributed by atoms with van der Waals surface area (Å²) in [5.41, 5.74) is 2.94. The molecule has 1 heterocycles. The van der Waals surface area contributed by atoms with Crippen LogP contribution in [0.2, 0.25) is 5.02 Å². The Bertz CT molecular complexity index is 748. The van der Waals surface area contributed by atoms with E-state index in [1.54, 1.807) is 0 Å². The molecule has 0 aliphatic rings. The van der Waals surface area contributed by atoms with Crippen molar-refractivity contribution in [3.05, 3.63) is 65.3 Å². The first-order chi connectivity index (χ1) is 10.7. The molecule has 0 spiro atoms. The van der Waals surface area contributed by atoms with Crippen LogP contribution in [0.25, 0.3) is 22.0 Å². The fourth-order valence-electron chi connectivity index (χ4n) is 2.19. The van der Waals surface area contributed by atoms with E-state index < -0.39 is 0 Å². The molecule has 0 N–H and O–H groups in total. The molecule has 0 aliphatic heterocycles. The fourth-order valence-corrected chi connectivity index (χ4v) is 2.42. The van der Waals surface area contributed by atoms with Crippen molar-refractivity contribution in [1.29, 1.82) is 0 Å². The highest BCUT2D eigenvalue weighted by molar-refractivity contribution is 6.33. The third kappa shape index (κ3) is 3.86.